The average Bonchev–Trinajstić information content (AvgIpc) is 3.29. The molecule has 0 spiro atoms. The fourth-order valence-corrected chi connectivity index (χ4v) is 2.64. The molecule has 2 aromatic carbocycles. The normalized spacial score (nSPS) is 11.7. The zero-order chi connectivity index (χ0) is 19.7. The van der Waals surface area contributed by atoms with Crippen LogP contribution in [0.4, 0.5) is 13.2 Å². The number of halogens is 3. The van der Waals surface area contributed by atoms with Gasteiger partial charge in [0, 0.05) is 5.56 Å². The number of rotatable bonds is 4. The van der Waals surface area contributed by atoms with Crippen LogP contribution in [0.3, 0.4) is 0 Å². The summed E-state index contributed by atoms with van der Waals surface area (Å²) in [6.07, 6.45) is -4.44. The van der Waals surface area contributed by atoms with Gasteiger partial charge < -0.3 is 0 Å². The van der Waals surface area contributed by atoms with Crippen LogP contribution in [0.15, 0.2) is 63.9 Å². The number of alkyl halides is 3. The number of hydrogen-bond acceptors (Lipinski definition) is 6. The van der Waals surface area contributed by atoms with Crippen molar-refractivity contribution in [2.75, 3.05) is 0 Å². The van der Waals surface area contributed by atoms with E-state index in [4.69, 9.17) is 4.52 Å². The Balaban J connectivity index is 1.69. The quantitative estimate of drug-likeness (QED) is 0.534. The fraction of sp³-hybridized carbons (Fsp3) is 0.118. The van der Waals surface area contributed by atoms with Crippen molar-refractivity contribution in [1.29, 1.82) is 0 Å². The van der Waals surface area contributed by atoms with E-state index in [0.717, 1.165) is 12.1 Å². The number of hydrogen-bond donors (Lipinski definition) is 0. The van der Waals surface area contributed by atoms with Gasteiger partial charge >= 0.3 is 11.9 Å². The zero-order valence-corrected chi connectivity index (χ0v) is 14.0. The lowest BCUT2D eigenvalue weighted by molar-refractivity contribution is -0.137. The standard InChI is InChI=1S/C17H11F3N6O2/c18-17(19,20)12-6-8-13(9-7-12)26-14(21-23-24-26)10-25-15(22-28-16(25)27)11-4-2-1-3-5-11/h1-9H,10H2. The smallest absolute Gasteiger partial charge is 0.295 e. The minimum atomic E-state index is -4.44. The molecule has 8 nitrogen and oxygen atoms in total. The number of aromatic nitrogens is 6. The first kappa shape index (κ1) is 17.6. The molecule has 4 rings (SSSR count). The van der Waals surface area contributed by atoms with E-state index >= 15 is 0 Å². The molecule has 0 N–H and O–H groups in total. The summed E-state index contributed by atoms with van der Waals surface area (Å²) in [4.78, 5) is 12.1. The first-order chi connectivity index (χ1) is 13.4. The lowest BCUT2D eigenvalue weighted by atomic mass is 10.2. The molecule has 0 fully saturated rings. The Kier molecular flexibility index (Phi) is 4.26. The number of benzene rings is 2. The summed E-state index contributed by atoms with van der Waals surface area (Å²) in [6.45, 7) is -0.0828. The summed E-state index contributed by atoms with van der Waals surface area (Å²) in [5, 5.41) is 15.0. The van der Waals surface area contributed by atoms with Gasteiger partial charge in [-0.2, -0.15) is 17.9 Å². The third-order valence-electron chi connectivity index (χ3n) is 3.99. The van der Waals surface area contributed by atoms with Crippen LogP contribution in [0.2, 0.25) is 0 Å². The molecule has 0 radical (unpaired) electrons. The van der Waals surface area contributed by atoms with Gasteiger partial charge in [0.1, 0.15) is 0 Å². The largest absolute Gasteiger partial charge is 0.442 e. The van der Waals surface area contributed by atoms with E-state index in [1.165, 1.54) is 21.4 Å². The minimum absolute atomic E-state index is 0.0828. The topological polar surface area (TPSA) is 91.6 Å². The molecule has 4 aromatic rings. The second kappa shape index (κ2) is 6.76. The molecule has 0 saturated carbocycles. The van der Waals surface area contributed by atoms with Crippen LogP contribution in [-0.4, -0.2) is 29.9 Å². The zero-order valence-electron chi connectivity index (χ0n) is 14.0. The Morgan fingerprint density at radius 3 is 2.39 bits per heavy atom. The van der Waals surface area contributed by atoms with Crippen molar-refractivity contribution in [3.63, 3.8) is 0 Å². The van der Waals surface area contributed by atoms with Crippen LogP contribution in [0, 0.1) is 0 Å². The maximum absolute atomic E-state index is 12.7. The predicted molar refractivity (Wildman–Crippen MR) is 89.5 cm³/mol. The molecule has 0 amide bonds. The van der Waals surface area contributed by atoms with Crippen molar-refractivity contribution < 1.29 is 17.7 Å². The lowest BCUT2D eigenvalue weighted by Crippen LogP contribution is -2.19. The van der Waals surface area contributed by atoms with Crippen molar-refractivity contribution in [1.82, 2.24) is 29.9 Å². The highest BCUT2D eigenvalue weighted by Gasteiger charge is 2.30. The first-order valence-corrected chi connectivity index (χ1v) is 8.00. The highest BCUT2D eigenvalue weighted by molar-refractivity contribution is 5.54. The van der Waals surface area contributed by atoms with Gasteiger partial charge in [-0.15, -0.1) is 5.10 Å². The second-order valence-electron chi connectivity index (χ2n) is 5.78. The van der Waals surface area contributed by atoms with E-state index in [2.05, 4.69) is 20.7 Å². The highest BCUT2D eigenvalue weighted by atomic mass is 19.4. The van der Waals surface area contributed by atoms with Crippen molar-refractivity contribution in [2.24, 2.45) is 0 Å². The lowest BCUT2D eigenvalue weighted by Gasteiger charge is -2.09. The van der Waals surface area contributed by atoms with Gasteiger partial charge in [-0.3, -0.25) is 4.52 Å². The third-order valence-corrected chi connectivity index (χ3v) is 3.99. The summed E-state index contributed by atoms with van der Waals surface area (Å²) >= 11 is 0. The highest BCUT2D eigenvalue weighted by Crippen LogP contribution is 2.29. The number of tetrazole rings is 1. The SMILES string of the molecule is O=c1onc(-c2ccccc2)n1Cc1nnnn1-c1ccc(C(F)(F)F)cc1. The van der Waals surface area contributed by atoms with E-state index in [-0.39, 0.29) is 18.2 Å². The summed E-state index contributed by atoms with van der Waals surface area (Å²) < 4.78 is 45.5. The van der Waals surface area contributed by atoms with Crippen molar-refractivity contribution in [3.8, 4) is 17.1 Å². The van der Waals surface area contributed by atoms with E-state index in [9.17, 15) is 18.0 Å². The first-order valence-electron chi connectivity index (χ1n) is 8.00. The molecule has 11 heteroatoms. The predicted octanol–water partition coefficient (Wildman–Crippen LogP) is 2.55. The van der Waals surface area contributed by atoms with Crippen molar-refractivity contribution >= 4 is 0 Å². The molecule has 0 aliphatic carbocycles. The molecule has 142 valence electrons. The van der Waals surface area contributed by atoms with Crippen LogP contribution in [0.25, 0.3) is 17.1 Å². The monoisotopic (exact) mass is 388 g/mol. The maximum Gasteiger partial charge on any atom is 0.442 e. The van der Waals surface area contributed by atoms with Crippen LogP contribution in [0.1, 0.15) is 11.4 Å². The average molecular weight is 388 g/mol. The van der Waals surface area contributed by atoms with Crippen LogP contribution in [0.5, 0.6) is 0 Å². The molecule has 0 aliphatic heterocycles. The van der Waals surface area contributed by atoms with Gasteiger partial charge in [-0.1, -0.05) is 35.5 Å². The Labute approximate surface area is 154 Å². The molecule has 2 heterocycles. The molecule has 0 bridgehead atoms. The van der Waals surface area contributed by atoms with Gasteiger partial charge in [-0.25, -0.2) is 9.36 Å². The molecular weight excluding hydrogens is 377 g/mol. The summed E-state index contributed by atoms with van der Waals surface area (Å²) in [7, 11) is 0. The van der Waals surface area contributed by atoms with Crippen LogP contribution >= 0.6 is 0 Å². The van der Waals surface area contributed by atoms with Gasteiger partial charge in [0.05, 0.1) is 17.8 Å². The summed E-state index contributed by atoms with van der Waals surface area (Å²) in [5.74, 6) is -0.198. The summed E-state index contributed by atoms with van der Waals surface area (Å²) in [6, 6.07) is 13.3. The van der Waals surface area contributed by atoms with Crippen molar-refractivity contribution in [2.45, 2.75) is 12.7 Å². The van der Waals surface area contributed by atoms with Gasteiger partial charge in [0.15, 0.2) is 11.6 Å². The van der Waals surface area contributed by atoms with E-state index in [0.29, 0.717) is 11.3 Å². The molecule has 0 aliphatic rings. The van der Waals surface area contributed by atoms with E-state index < -0.39 is 17.5 Å². The molecular formula is C17H11F3N6O2. The summed E-state index contributed by atoms with van der Waals surface area (Å²) in [5.41, 5.74) is 0.188. The van der Waals surface area contributed by atoms with Gasteiger partial charge in [0.25, 0.3) is 0 Å². The number of nitrogens with zero attached hydrogens (tertiary/aromatic N) is 6. The Morgan fingerprint density at radius 2 is 1.71 bits per heavy atom. The third kappa shape index (κ3) is 3.29. The molecule has 0 saturated heterocycles. The minimum Gasteiger partial charge on any atom is -0.295 e. The van der Waals surface area contributed by atoms with Gasteiger partial charge in [-0.05, 0) is 34.7 Å². The maximum atomic E-state index is 12.7. The molecule has 0 unspecified atom stereocenters. The second-order valence-corrected chi connectivity index (χ2v) is 5.78. The molecule has 28 heavy (non-hydrogen) atoms. The van der Waals surface area contributed by atoms with Crippen LogP contribution < -0.4 is 5.76 Å². The fourth-order valence-electron chi connectivity index (χ4n) is 2.64. The van der Waals surface area contributed by atoms with Gasteiger partial charge in [0.2, 0.25) is 0 Å². The molecule has 0 atom stereocenters. The van der Waals surface area contributed by atoms with E-state index in [1.807, 2.05) is 6.07 Å². The molecule has 2 aromatic heterocycles. The van der Waals surface area contributed by atoms with Crippen LogP contribution in [-0.2, 0) is 12.7 Å². The Bertz CT molecular complexity index is 1150. The van der Waals surface area contributed by atoms with E-state index in [1.54, 1.807) is 24.3 Å². The Morgan fingerprint density at radius 1 is 1.00 bits per heavy atom. The Hall–Kier alpha value is -3.76. The van der Waals surface area contributed by atoms with Crippen molar-refractivity contribution in [3.05, 3.63) is 76.5 Å².